The highest BCUT2D eigenvalue weighted by Gasteiger charge is 2.37. The fourth-order valence-corrected chi connectivity index (χ4v) is 1.91. The Hall–Kier alpha value is -1.89. The largest absolute Gasteiger partial charge is 0.481 e. The summed E-state index contributed by atoms with van der Waals surface area (Å²) in [4.78, 5) is 30.6. The zero-order chi connectivity index (χ0) is 12.4. The average Bonchev–Trinajstić information content (AvgIpc) is 2.77. The fraction of sp³-hybridized carbons (Fsp3) is 0.500. The van der Waals surface area contributed by atoms with E-state index >= 15 is 0 Å². The highest BCUT2D eigenvalue weighted by atomic mass is 16.5. The lowest BCUT2D eigenvalue weighted by Crippen LogP contribution is -2.43. The van der Waals surface area contributed by atoms with Crippen molar-refractivity contribution in [3.05, 3.63) is 22.7 Å². The zero-order valence-corrected chi connectivity index (χ0v) is 9.29. The fourth-order valence-electron chi connectivity index (χ4n) is 1.91. The molecule has 1 fully saturated rings. The Morgan fingerprint density at radius 3 is 3.06 bits per heavy atom. The number of likely N-dealkylation sites (N-methyl/N-ethyl adjacent to an activating group) is 1. The molecule has 92 valence electrons. The van der Waals surface area contributed by atoms with Crippen molar-refractivity contribution in [3.63, 3.8) is 0 Å². The van der Waals surface area contributed by atoms with Gasteiger partial charge >= 0.3 is 5.97 Å². The monoisotopic (exact) mass is 239 g/mol. The molecule has 1 saturated heterocycles. The number of carbonyl (C=O) groups is 1. The van der Waals surface area contributed by atoms with Gasteiger partial charge in [0.25, 0.3) is 5.56 Å². The first kappa shape index (κ1) is 11.6. The normalized spacial score (nSPS) is 23.6. The minimum Gasteiger partial charge on any atom is -0.481 e. The second-order valence-electron chi connectivity index (χ2n) is 3.90. The molecule has 7 nitrogen and oxygen atoms in total. The molecule has 0 amide bonds. The van der Waals surface area contributed by atoms with Gasteiger partial charge in [-0.3, -0.25) is 9.59 Å². The van der Waals surface area contributed by atoms with Crippen LogP contribution in [-0.2, 0) is 9.53 Å². The van der Waals surface area contributed by atoms with Crippen LogP contribution >= 0.6 is 0 Å². The number of carboxylic acids is 1. The lowest BCUT2D eigenvalue weighted by atomic mass is 10.0. The quantitative estimate of drug-likeness (QED) is 0.724. The summed E-state index contributed by atoms with van der Waals surface area (Å²) in [5.41, 5.74) is -0.342. The van der Waals surface area contributed by atoms with E-state index < -0.39 is 11.9 Å². The molecule has 1 aromatic heterocycles. The molecular weight excluding hydrogens is 226 g/mol. The first-order valence-electron chi connectivity index (χ1n) is 5.18. The molecule has 1 aromatic rings. The molecule has 7 heteroatoms. The Balaban J connectivity index is 2.26. The number of anilines is 1. The van der Waals surface area contributed by atoms with Gasteiger partial charge in [-0.05, 0) is 0 Å². The van der Waals surface area contributed by atoms with Gasteiger partial charge in [-0.15, -0.1) is 0 Å². The van der Waals surface area contributed by atoms with Crippen LogP contribution in [0, 0.1) is 5.92 Å². The van der Waals surface area contributed by atoms with E-state index in [4.69, 9.17) is 9.84 Å². The van der Waals surface area contributed by atoms with Crippen LogP contribution in [0.4, 0.5) is 5.82 Å². The molecule has 2 atom stereocenters. The van der Waals surface area contributed by atoms with Crippen molar-refractivity contribution >= 4 is 11.8 Å². The Kier molecular flexibility index (Phi) is 3.10. The summed E-state index contributed by atoms with van der Waals surface area (Å²) in [5, 5.41) is 9.04. The van der Waals surface area contributed by atoms with Crippen molar-refractivity contribution in [2.24, 2.45) is 5.92 Å². The van der Waals surface area contributed by atoms with Crippen molar-refractivity contribution in [1.82, 2.24) is 9.97 Å². The molecule has 1 aliphatic heterocycles. The van der Waals surface area contributed by atoms with Crippen molar-refractivity contribution in [2.75, 3.05) is 25.2 Å². The van der Waals surface area contributed by atoms with Crippen LogP contribution in [-0.4, -0.2) is 47.3 Å². The summed E-state index contributed by atoms with van der Waals surface area (Å²) in [6.07, 6.45) is 2.89. The van der Waals surface area contributed by atoms with Gasteiger partial charge in [-0.25, -0.2) is 4.98 Å². The van der Waals surface area contributed by atoms with E-state index in [9.17, 15) is 9.59 Å². The highest BCUT2D eigenvalue weighted by molar-refractivity contribution is 5.72. The van der Waals surface area contributed by atoms with Crippen molar-refractivity contribution in [1.29, 1.82) is 0 Å². The third-order valence-corrected chi connectivity index (χ3v) is 2.89. The first-order chi connectivity index (χ1) is 8.11. The molecule has 0 aliphatic carbocycles. The number of ether oxygens (including phenoxy) is 1. The Morgan fingerprint density at radius 1 is 1.65 bits per heavy atom. The molecule has 17 heavy (non-hydrogen) atoms. The van der Waals surface area contributed by atoms with Crippen LogP contribution in [0.3, 0.4) is 0 Å². The maximum absolute atomic E-state index is 11.5. The minimum absolute atomic E-state index is 0.162. The number of hydrogen-bond donors (Lipinski definition) is 2. The molecule has 0 aromatic carbocycles. The molecule has 0 saturated carbocycles. The van der Waals surface area contributed by atoms with Gasteiger partial charge in [0.2, 0.25) is 0 Å². The lowest BCUT2D eigenvalue weighted by Gasteiger charge is -2.26. The molecule has 0 radical (unpaired) electrons. The second-order valence-corrected chi connectivity index (χ2v) is 3.90. The van der Waals surface area contributed by atoms with Crippen LogP contribution < -0.4 is 10.5 Å². The third kappa shape index (κ3) is 2.14. The smallest absolute Gasteiger partial charge is 0.311 e. The molecule has 0 bridgehead atoms. The van der Waals surface area contributed by atoms with Crippen LogP contribution in [0.2, 0.25) is 0 Å². The van der Waals surface area contributed by atoms with Crippen LogP contribution in [0.1, 0.15) is 0 Å². The molecule has 2 unspecified atom stereocenters. The maximum Gasteiger partial charge on any atom is 0.311 e. The van der Waals surface area contributed by atoms with E-state index in [2.05, 4.69) is 9.97 Å². The summed E-state index contributed by atoms with van der Waals surface area (Å²) in [6, 6.07) is -0.372. The van der Waals surface area contributed by atoms with Gasteiger partial charge in [-0.2, -0.15) is 0 Å². The maximum atomic E-state index is 11.5. The minimum atomic E-state index is -0.924. The molecular formula is C10H13N3O4. The van der Waals surface area contributed by atoms with Gasteiger partial charge in [0.15, 0.2) is 5.82 Å². The SMILES string of the molecule is CN(c1ncc[nH]c1=O)C1COCC1C(=O)O. The molecule has 2 rings (SSSR count). The Bertz CT molecular complexity index is 473. The second kappa shape index (κ2) is 4.54. The van der Waals surface area contributed by atoms with E-state index in [0.29, 0.717) is 0 Å². The van der Waals surface area contributed by atoms with E-state index in [1.807, 2.05) is 0 Å². The topological polar surface area (TPSA) is 95.5 Å². The predicted molar refractivity (Wildman–Crippen MR) is 59.0 cm³/mol. The highest BCUT2D eigenvalue weighted by Crippen LogP contribution is 2.21. The number of carboxylic acid groups (broad SMARTS) is 1. The van der Waals surface area contributed by atoms with E-state index in [1.165, 1.54) is 12.4 Å². The zero-order valence-electron chi connectivity index (χ0n) is 9.29. The summed E-state index contributed by atoms with van der Waals surface area (Å²) < 4.78 is 5.15. The Labute approximate surface area is 97.0 Å². The van der Waals surface area contributed by atoms with Crippen molar-refractivity contribution in [2.45, 2.75) is 6.04 Å². The van der Waals surface area contributed by atoms with Crippen molar-refractivity contribution < 1.29 is 14.6 Å². The summed E-state index contributed by atoms with van der Waals surface area (Å²) in [7, 11) is 1.65. The number of aliphatic carboxylic acids is 1. The summed E-state index contributed by atoms with van der Waals surface area (Å²) >= 11 is 0. The van der Waals surface area contributed by atoms with Crippen LogP contribution in [0.5, 0.6) is 0 Å². The molecule has 0 spiro atoms. The summed E-state index contributed by atoms with van der Waals surface area (Å²) in [5.74, 6) is -1.36. The van der Waals surface area contributed by atoms with Gasteiger partial charge in [0.05, 0.1) is 19.3 Å². The summed E-state index contributed by atoms with van der Waals surface area (Å²) in [6.45, 7) is 0.443. The van der Waals surface area contributed by atoms with E-state index in [0.717, 1.165) is 0 Å². The Morgan fingerprint density at radius 2 is 2.41 bits per heavy atom. The van der Waals surface area contributed by atoms with E-state index in [-0.39, 0.29) is 30.6 Å². The molecule has 2 heterocycles. The van der Waals surface area contributed by atoms with Gasteiger partial charge < -0.3 is 19.7 Å². The lowest BCUT2D eigenvalue weighted by molar-refractivity contribution is -0.141. The van der Waals surface area contributed by atoms with Crippen molar-refractivity contribution in [3.8, 4) is 0 Å². The molecule has 2 N–H and O–H groups in total. The van der Waals surface area contributed by atoms with E-state index in [1.54, 1.807) is 11.9 Å². The van der Waals surface area contributed by atoms with Gasteiger partial charge in [0, 0.05) is 19.4 Å². The average molecular weight is 239 g/mol. The van der Waals surface area contributed by atoms with Gasteiger partial charge in [0.1, 0.15) is 5.92 Å². The van der Waals surface area contributed by atoms with Crippen LogP contribution in [0.15, 0.2) is 17.2 Å². The molecule has 1 aliphatic rings. The number of nitrogens with one attached hydrogen (secondary N) is 1. The predicted octanol–water partition coefficient (Wildman–Crippen LogP) is -0.694. The number of nitrogens with zero attached hydrogens (tertiary/aromatic N) is 2. The third-order valence-electron chi connectivity index (χ3n) is 2.89. The van der Waals surface area contributed by atoms with Gasteiger partial charge in [-0.1, -0.05) is 0 Å². The number of hydrogen-bond acceptors (Lipinski definition) is 5. The first-order valence-corrected chi connectivity index (χ1v) is 5.18. The number of aromatic amines is 1. The number of rotatable bonds is 3. The standard InChI is InChI=1S/C10H13N3O4/c1-13(8-9(14)12-3-2-11-8)7-5-17-4-6(7)10(15)16/h2-3,6-7H,4-5H2,1H3,(H,12,14)(H,15,16). The van der Waals surface area contributed by atoms with Crippen LogP contribution in [0.25, 0.3) is 0 Å². The number of aromatic nitrogens is 2. The number of H-pyrrole nitrogens is 1.